The van der Waals surface area contributed by atoms with Gasteiger partial charge in [-0.3, -0.25) is 4.79 Å². The number of benzene rings is 1. The van der Waals surface area contributed by atoms with E-state index in [4.69, 9.17) is 4.74 Å². The molecule has 1 aromatic heterocycles. The molecular weight excluding hydrogens is 390 g/mol. The summed E-state index contributed by atoms with van der Waals surface area (Å²) in [5, 5.41) is -0.268. The van der Waals surface area contributed by atoms with Gasteiger partial charge >= 0.3 is 12.4 Å². The Balaban J connectivity index is 2.07. The molecule has 1 aliphatic heterocycles. The highest BCUT2D eigenvalue weighted by Gasteiger charge is 2.49. The number of nitrogens with zero attached hydrogens (tertiary/aromatic N) is 1. The molecule has 154 valence electrons. The van der Waals surface area contributed by atoms with E-state index in [9.17, 15) is 31.1 Å². The van der Waals surface area contributed by atoms with E-state index in [1.807, 2.05) is 0 Å². The summed E-state index contributed by atoms with van der Waals surface area (Å²) in [4.78, 5) is 15.3. The van der Waals surface area contributed by atoms with E-state index in [0.717, 1.165) is 0 Å². The lowest BCUT2D eigenvalue weighted by Gasteiger charge is -2.34. The molecule has 0 spiro atoms. The van der Waals surface area contributed by atoms with E-state index in [-0.39, 0.29) is 36.2 Å². The van der Waals surface area contributed by atoms with Crippen molar-refractivity contribution in [1.29, 1.82) is 0 Å². The molecular formula is C18H18F6N2O2. The van der Waals surface area contributed by atoms with E-state index in [2.05, 4.69) is 4.98 Å². The number of rotatable bonds is 4. The standard InChI is InChI=1S/C18H18F6N2O2/c1-2-28-16(18(22,23)24)14-4-3-7-26(14)10-5-6-13-11(8-10)12(17(19,20)21)9-15(27)25-13/h5-6,8-9,14,16H,2-4,7H2,1H3,(H,25,27)/t14-,16-/m1/s1. The molecule has 2 aromatic rings. The first kappa shape index (κ1) is 20.5. The van der Waals surface area contributed by atoms with Gasteiger partial charge in [-0.25, -0.2) is 0 Å². The van der Waals surface area contributed by atoms with Gasteiger partial charge in [0, 0.05) is 35.8 Å². The SMILES string of the molecule is CCO[C@H]([C@H]1CCCN1c1ccc2[nH]c(=O)cc(C(F)(F)F)c2c1)C(F)(F)F. The van der Waals surface area contributed by atoms with Crippen molar-refractivity contribution in [2.45, 2.75) is 44.3 Å². The lowest BCUT2D eigenvalue weighted by molar-refractivity contribution is -0.224. The number of aromatic amines is 1. The van der Waals surface area contributed by atoms with E-state index < -0.39 is 35.6 Å². The fourth-order valence-corrected chi connectivity index (χ4v) is 3.69. The second-order valence-electron chi connectivity index (χ2n) is 6.60. The van der Waals surface area contributed by atoms with Crippen molar-refractivity contribution in [1.82, 2.24) is 4.98 Å². The molecule has 1 N–H and O–H groups in total. The molecule has 2 heterocycles. The largest absolute Gasteiger partial charge is 0.417 e. The van der Waals surface area contributed by atoms with Gasteiger partial charge in [0.1, 0.15) is 0 Å². The number of pyridine rings is 1. The van der Waals surface area contributed by atoms with Crippen LogP contribution in [0.5, 0.6) is 0 Å². The number of H-pyrrole nitrogens is 1. The third-order valence-electron chi connectivity index (χ3n) is 4.78. The molecule has 1 aliphatic rings. The zero-order valence-corrected chi connectivity index (χ0v) is 14.8. The van der Waals surface area contributed by atoms with Gasteiger partial charge in [-0.1, -0.05) is 0 Å². The van der Waals surface area contributed by atoms with Gasteiger partial charge < -0.3 is 14.6 Å². The number of halogens is 6. The Morgan fingerprint density at radius 3 is 2.54 bits per heavy atom. The topological polar surface area (TPSA) is 45.3 Å². The van der Waals surface area contributed by atoms with Crippen molar-refractivity contribution in [3.8, 4) is 0 Å². The van der Waals surface area contributed by atoms with Gasteiger partial charge in [0.25, 0.3) is 0 Å². The van der Waals surface area contributed by atoms with Gasteiger partial charge in [0.2, 0.25) is 5.56 Å². The highest BCUT2D eigenvalue weighted by molar-refractivity contribution is 5.86. The van der Waals surface area contributed by atoms with Crippen LogP contribution in [-0.4, -0.2) is 36.5 Å². The van der Waals surface area contributed by atoms with Crippen LogP contribution in [0.15, 0.2) is 29.1 Å². The molecule has 0 saturated carbocycles. The Morgan fingerprint density at radius 2 is 1.93 bits per heavy atom. The fraction of sp³-hybridized carbons (Fsp3) is 0.500. The van der Waals surface area contributed by atoms with Crippen LogP contribution < -0.4 is 10.5 Å². The van der Waals surface area contributed by atoms with E-state index in [1.165, 1.54) is 30.0 Å². The molecule has 0 radical (unpaired) electrons. The van der Waals surface area contributed by atoms with Crippen molar-refractivity contribution >= 4 is 16.6 Å². The highest BCUT2D eigenvalue weighted by atomic mass is 19.4. The van der Waals surface area contributed by atoms with Gasteiger partial charge in [0.15, 0.2) is 6.10 Å². The molecule has 28 heavy (non-hydrogen) atoms. The quantitative estimate of drug-likeness (QED) is 0.759. The van der Waals surface area contributed by atoms with Crippen LogP contribution in [0, 0.1) is 0 Å². The van der Waals surface area contributed by atoms with Crippen LogP contribution in [0.25, 0.3) is 10.9 Å². The van der Waals surface area contributed by atoms with Crippen LogP contribution in [0.4, 0.5) is 32.0 Å². The average Bonchev–Trinajstić information content (AvgIpc) is 3.05. The third-order valence-corrected chi connectivity index (χ3v) is 4.78. The maximum atomic E-state index is 13.4. The normalized spacial score (nSPS) is 19.4. The number of alkyl halides is 6. The molecule has 2 atom stereocenters. The first-order valence-corrected chi connectivity index (χ1v) is 8.71. The highest BCUT2D eigenvalue weighted by Crippen LogP contribution is 2.38. The lowest BCUT2D eigenvalue weighted by atomic mass is 10.0. The third kappa shape index (κ3) is 3.96. The Bertz CT molecular complexity index is 906. The van der Waals surface area contributed by atoms with Gasteiger partial charge in [-0.2, -0.15) is 26.3 Å². The molecule has 4 nitrogen and oxygen atoms in total. The summed E-state index contributed by atoms with van der Waals surface area (Å²) in [6, 6.07) is 3.28. The van der Waals surface area contributed by atoms with Crippen LogP contribution in [0.2, 0.25) is 0 Å². The number of anilines is 1. The first-order chi connectivity index (χ1) is 13.0. The van der Waals surface area contributed by atoms with Crippen LogP contribution in [0.1, 0.15) is 25.3 Å². The molecule has 1 aromatic carbocycles. The Labute approximate surface area is 156 Å². The van der Waals surface area contributed by atoms with Gasteiger partial charge in [-0.15, -0.1) is 0 Å². The molecule has 10 heteroatoms. The van der Waals surface area contributed by atoms with Crippen LogP contribution in [0.3, 0.4) is 0 Å². The molecule has 0 unspecified atom stereocenters. The van der Waals surface area contributed by atoms with E-state index >= 15 is 0 Å². The predicted molar refractivity (Wildman–Crippen MR) is 91.4 cm³/mol. The number of ether oxygens (including phenoxy) is 1. The smallest absolute Gasteiger partial charge is 0.367 e. The number of hydrogen-bond acceptors (Lipinski definition) is 3. The lowest BCUT2D eigenvalue weighted by Crippen LogP contribution is -2.48. The number of nitrogens with one attached hydrogen (secondary N) is 1. The summed E-state index contributed by atoms with van der Waals surface area (Å²) < 4.78 is 85.2. The van der Waals surface area contributed by atoms with Crippen molar-refractivity contribution in [2.24, 2.45) is 0 Å². The molecule has 0 bridgehead atoms. The molecule has 1 fully saturated rings. The Hall–Kier alpha value is -2.23. The molecule has 0 aliphatic carbocycles. The summed E-state index contributed by atoms with van der Waals surface area (Å²) in [6.45, 7) is 1.59. The average molecular weight is 408 g/mol. The maximum Gasteiger partial charge on any atom is 0.417 e. The minimum absolute atomic E-state index is 0.0310. The monoisotopic (exact) mass is 408 g/mol. The summed E-state index contributed by atoms with van der Waals surface area (Å²) in [6.07, 6.45) is -10.7. The minimum Gasteiger partial charge on any atom is -0.367 e. The first-order valence-electron chi connectivity index (χ1n) is 8.71. The van der Waals surface area contributed by atoms with Crippen molar-refractivity contribution in [2.75, 3.05) is 18.1 Å². The second-order valence-corrected chi connectivity index (χ2v) is 6.60. The summed E-state index contributed by atoms with van der Waals surface area (Å²) in [5.41, 5.74) is -1.83. The van der Waals surface area contributed by atoms with E-state index in [1.54, 1.807) is 0 Å². The predicted octanol–water partition coefficient (Wildman–Crippen LogP) is 4.48. The number of fused-ring (bicyclic) bond motifs is 1. The molecule has 3 rings (SSSR count). The van der Waals surface area contributed by atoms with Gasteiger partial charge in [-0.05, 0) is 38.0 Å². The number of aromatic nitrogens is 1. The fourth-order valence-electron chi connectivity index (χ4n) is 3.69. The maximum absolute atomic E-state index is 13.4. The summed E-state index contributed by atoms with van der Waals surface area (Å²) in [5.74, 6) is 0. The van der Waals surface area contributed by atoms with Crippen molar-refractivity contribution in [3.05, 3.63) is 40.2 Å². The molecule has 0 amide bonds. The molecule has 1 saturated heterocycles. The zero-order valence-electron chi connectivity index (χ0n) is 14.8. The number of hydrogen-bond donors (Lipinski definition) is 1. The second kappa shape index (κ2) is 7.31. The Kier molecular flexibility index (Phi) is 5.35. The van der Waals surface area contributed by atoms with E-state index in [0.29, 0.717) is 12.5 Å². The van der Waals surface area contributed by atoms with Crippen molar-refractivity contribution in [3.63, 3.8) is 0 Å². The summed E-state index contributed by atoms with van der Waals surface area (Å²) in [7, 11) is 0. The Morgan fingerprint density at radius 1 is 1.21 bits per heavy atom. The van der Waals surface area contributed by atoms with Gasteiger partial charge in [0.05, 0.1) is 11.6 Å². The summed E-state index contributed by atoms with van der Waals surface area (Å²) >= 11 is 0. The van der Waals surface area contributed by atoms with Crippen LogP contribution >= 0.6 is 0 Å². The zero-order chi connectivity index (χ0) is 20.7. The van der Waals surface area contributed by atoms with Crippen LogP contribution in [-0.2, 0) is 10.9 Å². The van der Waals surface area contributed by atoms with Crippen molar-refractivity contribution < 1.29 is 31.1 Å². The minimum atomic E-state index is -4.77.